The van der Waals surface area contributed by atoms with E-state index in [4.69, 9.17) is 11.6 Å². The van der Waals surface area contributed by atoms with E-state index in [1.807, 2.05) is 18.9 Å². The zero-order valence-electron chi connectivity index (χ0n) is 19.4. The fraction of sp³-hybridized carbons (Fsp3) is 0.417. The predicted molar refractivity (Wildman–Crippen MR) is 130 cm³/mol. The molecule has 36 heavy (non-hydrogen) atoms. The summed E-state index contributed by atoms with van der Waals surface area (Å²) in [4.78, 5) is 21.1. The fourth-order valence-corrected chi connectivity index (χ4v) is 9.02. The summed E-state index contributed by atoms with van der Waals surface area (Å²) in [7, 11) is -1.63. The van der Waals surface area contributed by atoms with Crippen LogP contribution in [0.25, 0.3) is 22.0 Å². The molecule has 0 bridgehead atoms. The Balaban J connectivity index is 1.79. The maximum absolute atomic E-state index is 17.1. The molecule has 0 N–H and O–H groups in total. The third-order valence-corrected chi connectivity index (χ3v) is 10.6. The van der Waals surface area contributed by atoms with Gasteiger partial charge < -0.3 is 9.80 Å². The van der Waals surface area contributed by atoms with Crippen LogP contribution in [0.3, 0.4) is 0 Å². The van der Waals surface area contributed by atoms with Gasteiger partial charge in [0.1, 0.15) is 11.6 Å². The van der Waals surface area contributed by atoms with Gasteiger partial charge >= 0.3 is 11.9 Å². The largest absolute Gasteiger partial charge is 0.417 e. The van der Waals surface area contributed by atoms with Gasteiger partial charge in [0.2, 0.25) is 0 Å². The van der Waals surface area contributed by atoms with E-state index in [0.29, 0.717) is 19.6 Å². The Hall–Kier alpha value is -2.37. The van der Waals surface area contributed by atoms with Crippen molar-refractivity contribution in [3.05, 3.63) is 45.1 Å². The first-order valence-electron chi connectivity index (χ1n) is 11.6. The molecule has 1 fully saturated rings. The minimum atomic E-state index is -4.83. The van der Waals surface area contributed by atoms with E-state index < -0.39 is 33.7 Å². The van der Waals surface area contributed by atoms with Gasteiger partial charge in [-0.1, -0.05) is 11.6 Å². The summed E-state index contributed by atoms with van der Waals surface area (Å²) in [6.45, 7) is 3.75. The van der Waals surface area contributed by atoms with Crippen molar-refractivity contribution in [2.24, 2.45) is 0 Å². The molecule has 5 nitrogen and oxygen atoms in total. The maximum Gasteiger partial charge on any atom is 0.417 e. The third-order valence-electron chi connectivity index (χ3n) is 7.38. The summed E-state index contributed by atoms with van der Waals surface area (Å²) in [6.07, 6.45) is -4.63. The van der Waals surface area contributed by atoms with Crippen molar-refractivity contribution in [3.63, 3.8) is 0 Å². The van der Waals surface area contributed by atoms with Crippen LogP contribution in [0.15, 0.2) is 32.8 Å². The van der Waals surface area contributed by atoms with Crippen LogP contribution in [-0.4, -0.2) is 52.9 Å². The Morgan fingerprint density at radius 2 is 1.92 bits per heavy atom. The van der Waals surface area contributed by atoms with Gasteiger partial charge in [-0.25, -0.2) is 9.18 Å². The number of halogens is 6. The fourth-order valence-electron chi connectivity index (χ4n) is 5.82. The van der Waals surface area contributed by atoms with Crippen molar-refractivity contribution < 1.29 is 21.4 Å². The third kappa shape index (κ3) is 3.24. The second-order valence-electron chi connectivity index (χ2n) is 9.67. The van der Waals surface area contributed by atoms with Crippen molar-refractivity contribution in [3.8, 4) is 11.1 Å². The van der Waals surface area contributed by atoms with Gasteiger partial charge in [0.05, 0.1) is 21.0 Å². The number of benzene rings is 2. The molecule has 3 aromatic rings. The number of hydrogen-bond acceptors (Lipinski definition) is 4. The molecule has 0 saturated carbocycles. The molecule has 0 amide bonds. The van der Waals surface area contributed by atoms with E-state index in [-0.39, 0.29) is 67.4 Å². The van der Waals surface area contributed by atoms with Crippen LogP contribution in [0.2, 0.25) is 5.02 Å². The lowest BCUT2D eigenvalue weighted by atomic mass is 9.96. The standard InChI is InChI=1S/C24H22ClF5N4OS/c1-12-11-32(2)5-6-33(12)22-14-8-15(24(27,28)29)19-13-9-16(25)17(26)10-18(13)36(30)7-3-4-34(23(35)31-22)20(14)21(19)36/h8-10,12H,3-7,11H2,1-2H3. The van der Waals surface area contributed by atoms with Gasteiger partial charge in [-0.3, -0.25) is 4.57 Å². The summed E-state index contributed by atoms with van der Waals surface area (Å²) in [5.41, 5.74) is -1.94. The summed E-state index contributed by atoms with van der Waals surface area (Å²) in [5, 5.41) is -0.291. The molecule has 0 aliphatic carbocycles. The molecular weight excluding hydrogens is 523 g/mol. The molecule has 0 radical (unpaired) electrons. The molecular formula is C24H22ClF5N4OS. The number of likely N-dealkylation sites (N-methyl/N-ethyl adjacent to an activating group) is 1. The quantitative estimate of drug-likeness (QED) is 0.361. The van der Waals surface area contributed by atoms with Gasteiger partial charge in [0.15, 0.2) is 0 Å². The van der Waals surface area contributed by atoms with Gasteiger partial charge in [-0.2, -0.15) is 22.0 Å². The maximum atomic E-state index is 17.1. The number of aryl methyl sites for hydroxylation is 1. The Kier molecular flexibility index (Phi) is 5.21. The number of piperazine rings is 1. The van der Waals surface area contributed by atoms with Crippen molar-refractivity contribution in [1.82, 2.24) is 14.5 Å². The lowest BCUT2D eigenvalue weighted by Crippen LogP contribution is -2.51. The molecule has 12 heteroatoms. The highest BCUT2D eigenvalue weighted by atomic mass is 35.5. The molecule has 4 heterocycles. The number of hydrogen-bond donors (Lipinski definition) is 0. The highest BCUT2D eigenvalue weighted by molar-refractivity contribution is 8.30. The number of alkyl halides is 3. The van der Waals surface area contributed by atoms with Gasteiger partial charge in [-0.15, -0.1) is 0 Å². The van der Waals surface area contributed by atoms with Crippen molar-refractivity contribution in [2.45, 2.75) is 41.9 Å². The topological polar surface area (TPSA) is 41.4 Å². The molecule has 3 aliphatic rings. The van der Waals surface area contributed by atoms with Gasteiger partial charge in [-0.05, 0) is 54.6 Å². The van der Waals surface area contributed by atoms with Crippen LogP contribution >= 0.6 is 22.0 Å². The monoisotopic (exact) mass is 544 g/mol. The van der Waals surface area contributed by atoms with Crippen LogP contribution < -0.4 is 10.6 Å². The first-order chi connectivity index (χ1) is 16.9. The number of nitrogens with zero attached hydrogens (tertiary/aromatic N) is 4. The highest BCUT2D eigenvalue weighted by Crippen LogP contribution is 2.76. The van der Waals surface area contributed by atoms with Gasteiger partial charge in [0.25, 0.3) is 0 Å². The van der Waals surface area contributed by atoms with Crippen LogP contribution in [0, 0.1) is 5.82 Å². The summed E-state index contributed by atoms with van der Waals surface area (Å²) < 4.78 is 76.6. The first-order valence-corrected chi connectivity index (χ1v) is 13.6. The number of aromatic nitrogens is 2. The Bertz CT molecular complexity index is 1510. The molecule has 1 aromatic heterocycles. The smallest absolute Gasteiger partial charge is 0.351 e. The van der Waals surface area contributed by atoms with Crippen molar-refractivity contribution in [2.75, 3.05) is 37.3 Å². The van der Waals surface area contributed by atoms with E-state index in [0.717, 1.165) is 18.2 Å². The summed E-state index contributed by atoms with van der Waals surface area (Å²) in [5.74, 6) is -0.879. The molecule has 2 aromatic carbocycles. The van der Waals surface area contributed by atoms with E-state index in [9.17, 15) is 22.4 Å². The number of rotatable bonds is 1. The van der Waals surface area contributed by atoms with E-state index >= 15 is 3.89 Å². The van der Waals surface area contributed by atoms with Crippen LogP contribution in [-0.2, 0) is 12.7 Å². The Labute approximate surface area is 210 Å². The Morgan fingerprint density at radius 3 is 2.61 bits per heavy atom. The number of fused-ring (bicyclic) bond motifs is 3. The average molecular weight is 545 g/mol. The minimum absolute atomic E-state index is 0.0599. The second-order valence-corrected chi connectivity index (χ2v) is 12.6. The lowest BCUT2D eigenvalue weighted by Gasteiger charge is -2.39. The zero-order chi connectivity index (χ0) is 25.7. The molecule has 2 unspecified atom stereocenters. The van der Waals surface area contributed by atoms with Crippen LogP contribution in [0.1, 0.15) is 18.9 Å². The van der Waals surface area contributed by atoms with E-state index in [2.05, 4.69) is 9.88 Å². The zero-order valence-corrected chi connectivity index (χ0v) is 21.0. The molecule has 3 aliphatic heterocycles. The molecule has 192 valence electrons. The summed E-state index contributed by atoms with van der Waals surface area (Å²) in [6, 6.07) is 2.86. The van der Waals surface area contributed by atoms with Crippen molar-refractivity contribution >= 4 is 38.7 Å². The van der Waals surface area contributed by atoms with E-state index in [1.165, 1.54) is 4.57 Å². The normalized spacial score (nSPS) is 25.6. The first kappa shape index (κ1) is 24.0. The van der Waals surface area contributed by atoms with Crippen molar-refractivity contribution in [1.29, 1.82) is 0 Å². The molecule has 6 rings (SSSR count). The molecule has 0 spiro atoms. The second kappa shape index (κ2) is 7.82. The van der Waals surface area contributed by atoms with Crippen LogP contribution in [0.5, 0.6) is 0 Å². The Morgan fingerprint density at radius 1 is 1.17 bits per heavy atom. The molecule has 2 atom stereocenters. The minimum Gasteiger partial charge on any atom is -0.351 e. The predicted octanol–water partition coefficient (Wildman–Crippen LogP) is 5.84. The van der Waals surface area contributed by atoms with Crippen LogP contribution in [0.4, 0.5) is 27.3 Å². The summed E-state index contributed by atoms with van der Waals surface area (Å²) >= 11 is 5.96. The highest BCUT2D eigenvalue weighted by Gasteiger charge is 2.49. The average Bonchev–Trinajstić information content (AvgIpc) is 2.92. The van der Waals surface area contributed by atoms with E-state index in [1.54, 1.807) is 0 Å². The molecule has 1 saturated heterocycles. The van der Waals surface area contributed by atoms with Gasteiger partial charge in [0, 0.05) is 53.8 Å². The SMILES string of the molecule is CC1CN(C)CCN1c1nc(=O)n2c3c4c(c(C(F)(F)F)cc13)-c1cc(Cl)c(F)cc1S4(F)CCC2. The number of anilines is 1. The lowest BCUT2D eigenvalue weighted by molar-refractivity contribution is -0.137.